The first-order valence-corrected chi connectivity index (χ1v) is 9.05. The molecule has 4 rings (SSSR count). The monoisotopic (exact) mass is 410 g/mol. The summed E-state index contributed by atoms with van der Waals surface area (Å²) < 4.78 is 6.85. The van der Waals surface area contributed by atoms with Gasteiger partial charge in [0.15, 0.2) is 5.15 Å². The number of aromatic nitrogens is 3. The summed E-state index contributed by atoms with van der Waals surface area (Å²) in [6.45, 7) is 2.59. The Morgan fingerprint density at radius 3 is 2.42 bits per heavy atom. The van der Waals surface area contributed by atoms with Gasteiger partial charge in [0.2, 0.25) is 0 Å². The molecule has 6 nitrogen and oxygen atoms in total. The van der Waals surface area contributed by atoms with Crippen molar-refractivity contribution in [1.29, 1.82) is 0 Å². The van der Waals surface area contributed by atoms with Crippen LogP contribution in [0.25, 0.3) is 16.6 Å². The lowest BCUT2D eigenvalue weighted by atomic mass is 10.1. The molecule has 9 heteroatoms. The second-order valence-corrected chi connectivity index (χ2v) is 6.94. The summed E-state index contributed by atoms with van der Waals surface area (Å²) in [5.74, 6) is 0. The molecule has 1 saturated heterocycles. The van der Waals surface area contributed by atoms with Gasteiger partial charge in [-0.25, -0.2) is 4.52 Å². The van der Waals surface area contributed by atoms with Crippen LogP contribution in [0.1, 0.15) is 0 Å². The van der Waals surface area contributed by atoms with E-state index in [-0.39, 0.29) is 0 Å². The summed E-state index contributed by atoms with van der Waals surface area (Å²) in [5.41, 5.74) is 1.55. The van der Waals surface area contributed by atoms with Crippen molar-refractivity contribution in [1.82, 2.24) is 14.6 Å². The van der Waals surface area contributed by atoms with Crippen molar-refractivity contribution in [3.8, 4) is 11.1 Å². The normalized spacial score (nSPS) is 14.8. The maximum Gasteiger partial charge on any atom is 0.281 e. The number of nitrogens with zero attached hydrogens (tertiary/aromatic N) is 4. The minimum Gasteiger partial charge on any atom is -0.378 e. The van der Waals surface area contributed by atoms with Crippen molar-refractivity contribution in [2.75, 3.05) is 31.2 Å². The third-order valence-corrected chi connectivity index (χ3v) is 5.15. The largest absolute Gasteiger partial charge is 0.378 e. The van der Waals surface area contributed by atoms with E-state index in [9.17, 15) is 4.79 Å². The second kappa shape index (κ2) is 7.04. The molecule has 3 heterocycles. The molecule has 134 valence electrons. The molecule has 26 heavy (non-hydrogen) atoms. The number of benzene rings is 1. The van der Waals surface area contributed by atoms with Gasteiger partial charge in [-0.2, -0.15) is 10.1 Å². The van der Waals surface area contributed by atoms with Crippen LogP contribution in [0.15, 0.2) is 35.4 Å². The van der Waals surface area contributed by atoms with Crippen LogP contribution >= 0.6 is 34.8 Å². The molecule has 0 atom stereocenters. The summed E-state index contributed by atoms with van der Waals surface area (Å²) in [6, 6.07) is 6.90. The van der Waals surface area contributed by atoms with Crippen LogP contribution < -0.4 is 10.5 Å². The van der Waals surface area contributed by atoms with Crippen molar-refractivity contribution in [3.63, 3.8) is 0 Å². The molecule has 0 amide bonds. The predicted octanol–water partition coefficient (Wildman–Crippen LogP) is 3.55. The number of hydrogen-bond acceptors (Lipinski definition) is 5. The zero-order valence-electron chi connectivity index (χ0n) is 13.5. The van der Waals surface area contributed by atoms with E-state index >= 15 is 0 Å². The summed E-state index contributed by atoms with van der Waals surface area (Å²) in [4.78, 5) is 18.5. The Morgan fingerprint density at radius 2 is 1.73 bits per heavy atom. The molecule has 0 spiro atoms. The Hall–Kier alpha value is -1.86. The molecule has 0 radical (unpaired) electrons. The molecule has 3 aromatic rings. The predicted molar refractivity (Wildman–Crippen MR) is 103 cm³/mol. The molecule has 0 aliphatic carbocycles. The molecular weight excluding hydrogens is 399 g/mol. The highest BCUT2D eigenvalue weighted by molar-refractivity contribution is 6.39. The van der Waals surface area contributed by atoms with E-state index in [0.717, 1.165) is 5.69 Å². The van der Waals surface area contributed by atoms with Gasteiger partial charge in [0, 0.05) is 18.7 Å². The van der Waals surface area contributed by atoms with Gasteiger partial charge in [0.05, 0.1) is 40.0 Å². The maximum atomic E-state index is 12.6. The first kappa shape index (κ1) is 17.5. The molecule has 0 saturated carbocycles. The number of ether oxygens (including phenoxy) is 1. The van der Waals surface area contributed by atoms with Crippen LogP contribution in [-0.4, -0.2) is 40.9 Å². The summed E-state index contributed by atoms with van der Waals surface area (Å²) in [7, 11) is 0. The number of fused-ring (bicyclic) bond motifs is 1. The second-order valence-electron chi connectivity index (χ2n) is 5.77. The number of hydrogen-bond donors (Lipinski definition) is 0. The first-order valence-electron chi connectivity index (χ1n) is 7.91. The Labute approximate surface area is 163 Å². The SMILES string of the molecule is O=c1ncn2nc(Cl)c(N3CCOCC3)cc2c1-c1c(Cl)cccc1Cl. The highest BCUT2D eigenvalue weighted by atomic mass is 35.5. The summed E-state index contributed by atoms with van der Waals surface area (Å²) in [6.07, 6.45) is 1.33. The van der Waals surface area contributed by atoms with Gasteiger partial charge in [-0.05, 0) is 18.2 Å². The maximum absolute atomic E-state index is 12.6. The van der Waals surface area contributed by atoms with Crippen LogP contribution in [0.4, 0.5) is 5.69 Å². The van der Waals surface area contributed by atoms with Gasteiger partial charge < -0.3 is 9.64 Å². The van der Waals surface area contributed by atoms with E-state index in [4.69, 9.17) is 39.5 Å². The molecule has 0 bridgehead atoms. The highest BCUT2D eigenvalue weighted by Gasteiger charge is 2.21. The average Bonchev–Trinajstić information content (AvgIpc) is 2.64. The van der Waals surface area contributed by atoms with E-state index in [1.54, 1.807) is 18.2 Å². The lowest BCUT2D eigenvalue weighted by molar-refractivity contribution is 0.122. The molecule has 1 aromatic carbocycles. The van der Waals surface area contributed by atoms with Crippen LogP contribution in [-0.2, 0) is 4.74 Å². The lowest BCUT2D eigenvalue weighted by Gasteiger charge is -2.29. The quantitative estimate of drug-likeness (QED) is 0.645. The smallest absolute Gasteiger partial charge is 0.281 e. The van der Waals surface area contributed by atoms with Gasteiger partial charge in [-0.3, -0.25) is 4.79 Å². The van der Waals surface area contributed by atoms with Gasteiger partial charge in [-0.1, -0.05) is 40.9 Å². The van der Waals surface area contributed by atoms with Crippen molar-refractivity contribution in [3.05, 3.63) is 56.1 Å². The Kier molecular flexibility index (Phi) is 4.75. The lowest BCUT2D eigenvalue weighted by Crippen LogP contribution is -2.36. The van der Waals surface area contributed by atoms with Crippen LogP contribution in [0, 0.1) is 0 Å². The topological polar surface area (TPSA) is 59.7 Å². The fraction of sp³-hybridized carbons (Fsp3) is 0.235. The Bertz CT molecular complexity index is 1030. The zero-order valence-corrected chi connectivity index (χ0v) is 15.7. The van der Waals surface area contributed by atoms with Crippen molar-refractivity contribution < 1.29 is 4.74 Å². The third kappa shape index (κ3) is 3.03. The van der Waals surface area contributed by atoms with E-state index in [2.05, 4.69) is 15.0 Å². The van der Waals surface area contributed by atoms with Crippen molar-refractivity contribution >= 4 is 46.0 Å². The molecule has 2 aromatic heterocycles. The number of anilines is 1. The molecule has 0 N–H and O–H groups in total. The van der Waals surface area contributed by atoms with Gasteiger partial charge in [0.1, 0.15) is 6.33 Å². The molecule has 1 aliphatic heterocycles. The van der Waals surface area contributed by atoms with Gasteiger partial charge in [0.25, 0.3) is 5.56 Å². The van der Waals surface area contributed by atoms with Crippen molar-refractivity contribution in [2.45, 2.75) is 0 Å². The van der Waals surface area contributed by atoms with Crippen molar-refractivity contribution in [2.24, 2.45) is 0 Å². The summed E-state index contributed by atoms with van der Waals surface area (Å²) >= 11 is 19.0. The number of rotatable bonds is 2. The highest BCUT2D eigenvalue weighted by Crippen LogP contribution is 2.36. The standard InChI is InChI=1S/C17H13Cl3N4O2/c18-10-2-1-3-11(19)14(10)15-12-8-13(23-4-6-26-7-5-23)16(20)22-24(12)9-21-17(15)25/h1-3,8-9H,4-7H2. The molecule has 1 aliphatic rings. The van der Waals surface area contributed by atoms with Crippen LogP contribution in [0.2, 0.25) is 15.2 Å². The minimum atomic E-state index is -0.433. The Morgan fingerprint density at radius 1 is 1.04 bits per heavy atom. The third-order valence-electron chi connectivity index (χ3n) is 4.25. The van der Waals surface area contributed by atoms with E-state index in [1.165, 1.54) is 10.8 Å². The number of morpholine rings is 1. The van der Waals surface area contributed by atoms with E-state index in [1.807, 2.05) is 6.07 Å². The van der Waals surface area contributed by atoms with Crippen LogP contribution in [0.3, 0.4) is 0 Å². The summed E-state index contributed by atoms with van der Waals surface area (Å²) in [5, 5.41) is 5.41. The fourth-order valence-corrected chi connectivity index (χ4v) is 3.85. The van der Waals surface area contributed by atoms with E-state index < -0.39 is 5.56 Å². The molecular formula is C17H13Cl3N4O2. The minimum absolute atomic E-state index is 0.293. The molecule has 0 unspecified atom stereocenters. The first-order chi connectivity index (χ1) is 12.6. The van der Waals surface area contributed by atoms with Gasteiger partial charge in [-0.15, -0.1) is 0 Å². The van der Waals surface area contributed by atoms with E-state index in [0.29, 0.717) is 58.1 Å². The average molecular weight is 412 g/mol. The van der Waals surface area contributed by atoms with Crippen LogP contribution in [0.5, 0.6) is 0 Å². The molecule has 1 fully saturated rings. The van der Waals surface area contributed by atoms with Gasteiger partial charge >= 0.3 is 0 Å². The Balaban J connectivity index is 2.01. The zero-order chi connectivity index (χ0) is 18.3. The fourth-order valence-electron chi connectivity index (χ4n) is 3.01. The number of halogens is 3.